The lowest BCUT2D eigenvalue weighted by molar-refractivity contribution is 0.0953. The van der Waals surface area contributed by atoms with E-state index >= 15 is 0 Å². The highest BCUT2D eigenvalue weighted by atomic mass is 16.5. The molecule has 29 heavy (non-hydrogen) atoms. The number of carbonyl (C=O) groups excluding carboxylic acids is 1. The van der Waals surface area contributed by atoms with Crippen molar-refractivity contribution in [2.24, 2.45) is 21.8 Å². The van der Waals surface area contributed by atoms with Gasteiger partial charge in [0.15, 0.2) is 0 Å². The van der Waals surface area contributed by atoms with E-state index in [9.17, 15) is 4.79 Å². The second-order valence-corrected chi connectivity index (χ2v) is 9.11. The molecule has 6 heteroatoms. The SMILES string of the molecule is Cc1noc(C)c1COc1cccc(C(=O)N/N=C2/C[C@@H]3CC[C@]2(C)C3(C)C)c1. The zero-order valence-corrected chi connectivity index (χ0v) is 17.8. The van der Waals surface area contributed by atoms with Crippen LogP contribution in [0.2, 0.25) is 0 Å². The normalized spacial score (nSPS) is 26.1. The van der Waals surface area contributed by atoms with Crippen LogP contribution < -0.4 is 10.2 Å². The Morgan fingerprint density at radius 2 is 2.14 bits per heavy atom. The molecule has 0 saturated heterocycles. The van der Waals surface area contributed by atoms with E-state index in [2.05, 4.69) is 36.5 Å². The molecule has 0 aliphatic heterocycles. The summed E-state index contributed by atoms with van der Waals surface area (Å²) in [6.07, 6.45) is 3.37. The van der Waals surface area contributed by atoms with E-state index in [-0.39, 0.29) is 16.7 Å². The molecule has 2 bridgehead atoms. The summed E-state index contributed by atoms with van der Waals surface area (Å²) in [4.78, 5) is 12.7. The van der Waals surface area contributed by atoms with Gasteiger partial charge in [0.2, 0.25) is 0 Å². The molecule has 0 radical (unpaired) electrons. The van der Waals surface area contributed by atoms with Gasteiger partial charge in [-0.3, -0.25) is 4.79 Å². The molecule has 6 nitrogen and oxygen atoms in total. The van der Waals surface area contributed by atoms with Gasteiger partial charge in [-0.1, -0.05) is 32.0 Å². The van der Waals surface area contributed by atoms with Gasteiger partial charge >= 0.3 is 0 Å². The Labute approximate surface area is 171 Å². The van der Waals surface area contributed by atoms with Crippen LogP contribution in [0.15, 0.2) is 33.9 Å². The number of carbonyl (C=O) groups is 1. The number of hydrazone groups is 1. The highest BCUT2D eigenvalue weighted by molar-refractivity contribution is 5.98. The number of aryl methyl sites for hydroxylation is 2. The van der Waals surface area contributed by atoms with Gasteiger partial charge in [0.05, 0.1) is 11.3 Å². The van der Waals surface area contributed by atoms with Crippen LogP contribution in [-0.2, 0) is 6.61 Å². The summed E-state index contributed by atoms with van der Waals surface area (Å²) in [6, 6.07) is 7.15. The summed E-state index contributed by atoms with van der Waals surface area (Å²) in [7, 11) is 0. The number of benzene rings is 1. The Morgan fingerprint density at radius 3 is 2.76 bits per heavy atom. The predicted molar refractivity (Wildman–Crippen MR) is 111 cm³/mol. The van der Waals surface area contributed by atoms with E-state index < -0.39 is 0 Å². The average molecular weight is 396 g/mol. The molecule has 0 unspecified atom stereocenters. The molecule has 0 spiro atoms. The minimum atomic E-state index is -0.218. The molecular formula is C23H29N3O3. The summed E-state index contributed by atoms with van der Waals surface area (Å²) in [5.74, 6) is 1.81. The van der Waals surface area contributed by atoms with Gasteiger partial charge in [0, 0.05) is 16.7 Å². The molecule has 1 heterocycles. The lowest BCUT2D eigenvalue weighted by Crippen LogP contribution is -2.34. The summed E-state index contributed by atoms with van der Waals surface area (Å²) in [5.41, 5.74) is 6.48. The smallest absolute Gasteiger partial charge is 0.271 e. The van der Waals surface area contributed by atoms with E-state index in [0.29, 0.717) is 23.8 Å². The molecular weight excluding hydrogens is 366 g/mol. The van der Waals surface area contributed by atoms with E-state index in [1.54, 1.807) is 12.1 Å². The van der Waals surface area contributed by atoms with Crippen molar-refractivity contribution in [3.05, 3.63) is 46.8 Å². The van der Waals surface area contributed by atoms with Crippen LogP contribution in [0, 0.1) is 30.6 Å². The van der Waals surface area contributed by atoms with Crippen molar-refractivity contribution in [1.82, 2.24) is 10.6 Å². The lowest BCUT2D eigenvalue weighted by Gasteiger charge is -2.34. The second kappa shape index (κ2) is 7.01. The van der Waals surface area contributed by atoms with Crippen molar-refractivity contribution >= 4 is 11.6 Å². The molecule has 2 saturated carbocycles. The molecule has 2 aromatic rings. The Bertz CT molecular complexity index is 956. The molecule has 1 aromatic carbocycles. The van der Waals surface area contributed by atoms with Gasteiger partial charge in [-0.25, -0.2) is 5.43 Å². The molecule has 4 rings (SSSR count). The third kappa shape index (κ3) is 3.24. The maximum Gasteiger partial charge on any atom is 0.271 e. The number of rotatable bonds is 5. The number of hydrogen-bond donors (Lipinski definition) is 1. The maximum absolute atomic E-state index is 12.7. The Kier molecular flexibility index (Phi) is 4.75. The summed E-state index contributed by atoms with van der Waals surface area (Å²) in [5, 5.41) is 8.48. The topological polar surface area (TPSA) is 76.7 Å². The van der Waals surface area contributed by atoms with Gasteiger partial charge in [-0.05, 0) is 62.6 Å². The van der Waals surface area contributed by atoms with Crippen molar-refractivity contribution in [1.29, 1.82) is 0 Å². The highest BCUT2D eigenvalue weighted by Gasteiger charge is 2.60. The molecule has 2 aliphatic carbocycles. The number of amides is 1. The Morgan fingerprint density at radius 1 is 1.34 bits per heavy atom. The standard InChI is InChI=1S/C23H29N3O3/c1-14-19(15(2)29-26-14)13-28-18-8-6-7-16(11-18)21(27)25-24-20-12-17-9-10-23(20,5)22(17,3)4/h6-8,11,17H,9-10,12-13H2,1-5H3,(H,25,27)/b24-20-/t17-,23-/m0/s1. The number of aromatic nitrogens is 1. The summed E-state index contributed by atoms with van der Waals surface area (Å²) < 4.78 is 11.0. The van der Waals surface area contributed by atoms with Crippen molar-refractivity contribution in [3.8, 4) is 5.75 Å². The van der Waals surface area contributed by atoms with Gasteiger partial charge in [0.25, 0.3) is 5.91 Å². The number of ether oxygens (including phenoxy) is 1. The van der Waals surface area contributed by atoms with Crippen LogP contribution in [0.25, 0.3) is 0 Å². The fourth-order valence-corrected chi connectivity index (χ4v) is 4.87. The minimum Gasteiger partial charge on any atom is -0.489 e. The second-order valence-electron chi connectivity index (χ2n) is 9.11. The zero-order chi connectivity index (χ0) is 20.8. The third-order valence-corrected chi connectivity index (χ3v) is 7.47. The van der Waals surface area contributed by atoms with Crippen LogP contribution >= 0.6 is 0 Å². The van der Waals surface area contributed by atoms with Crippen LogP contribution in [0.3, 0.4) is 0 Å². The number of nitrogens with zero attached hydrogens (tertiary/aromatic N) is 2. The number of fused-ring (bicyclic) bond motifs is 2. The van der Waals surface area contributed by atoms with Crippen LogP contribution in [-0.4, -0.2) is 16.8 Å². The first-order valence-corrected chi connectivity index (χ1v) is 10.2. The third-order valence-electron chi connectivity index (χ3n) is 7.47. The molecule has 154 valence electrons. The fraction of sp³-hybridized carbons (Fsp3) is 0.522. The molecule has 1 aromatic heterocycles. The monoisotopic (exact) mass is 395 g/mol. The van der Waals surface area contributed by atoms with Gasteiger partial charge in [-0.15, -0.1) is 0 Å². The summed E-state index contributed by atoms with van der Waals surface area (Å²) >= 11 is 0. The van der Waals surface area contributed by atoms with Crippen molar-refractivity contribution in [2.75, 3.05) is 0 Å². The average Bonchev–Trinajstić information content (AvgIpc) is 3.20. The van der Waals surface area contributed by atoms with E-state index in [1.807, 2.05) is 26.0 Å². The predicted octanol–water partition coefficient (Wildman–Crippen LogP) is 4.80. The molecule has 2 aliphatic rings. The maximum atomic E-state index is 12.7. The van der Waals surface area contributed by atoms with Crippen molar-refractivity contribution < 1.29 is 14.1 Å². The van der Waals surface area contributed by atoms with Crippen molar-refractivity contribution in [2.45, 2.75) is 60.5 Å². The van der Waals surface area contributed by atoms with Crippen LogP contribution in [0.4, 0.5) is 0 Å². The van der Waals surface area contributed by atoms with Crippen LogP contribution in [0.5, 0.6) is 5.75 Å². The largest absolute Gasteiger partial charge is 0.489 e. The first-order chi connectivity index (χ1) is 13.7. The molecule has 1 amide bonds. The van der Waals surface area contributed by atoms with E-state index in [1.165, 1.54) is 6.42 Å². The summed E-state index contributed by atoms with van der Waals surface area (Å²) in [6.45, 7) is 11.0. The van der Waals surface area contributed by atoms with Crippen LogP contribution in [0.1, 0.15) is 67.4 Å². The van der Waals surface area contributed by atoms with Gasteiger partial charge in [0.1, 0.15) is 18.1 Å². The lowest BCUT2D eigenvalue weighted by atomic mass is 9.70. The van der Waals surface area contributed by atoms with Crippen molar-refractivity contribution in [3.63, 3.8) is 0 Å². The zero-order valence-electron chi connectivity index (χ0n) is 17.8. The number of nitrogens with one attached hydrogen (secondary N) is 1. The van der Waals surface area contributed by atoms with Gasteiger partial charge in [-0.2, -0.15) is 5.10 Å². The fourth-order valence-electron chi connectivity index (χ4n) is 4.87. The highest BCUT2D eigenvalue weighted by Crippen LogP contribution is 2.63. The van der Waals surface area contributed by atoms with E-state index in [4.69, 9.17) is 9.26 Å². The Balaban J connectivity index is 1.43. The number of hydrogen-bond acceptors (Lipinski definition) is 5. The van der Waals surface area contributed by atoms with Gasteiger partial charge < -0.3 is 9.26 Å². The first kappa shape index (κ1) is 19.7. The molecule has 2 atom stereocenters. The minimum absolute atomic E-state index is 0.0737. The quantitative estimate of drug-likeness (QED) is 0.738. The molecule has 1 N–H and O–H groups in total. The Hall–Kier alpha value is -2.63. The first-order valence-electron chi connectivity index (χ1n) is 10.2. The molecule has 2 fully saturated rings. The van der Waals surface area contributed by atoms with E-state index in [0.717, 1.165) is 35.6 Å².